The van der Waals surface area contributed by atoms with Crippen LogP contribution < -0.4 is 5.32 Å². The third-order valence-corrected chi connectivity index (χ3v) is 3.97. The van der Waals surface area contributed by atoms with E-state index in [0.29, 0.717) is 19.5 Å². The van der Waals surface area contributed by atoms with Crippen molar-refractivity contribution >= 4 is 11.8 Å². The van der Waals surface area contributed by atoms with Gasteiger partial charge in [0, 0.05) is 26.4 Å². The number of benzene rings is 2. The summed E-state index contributed by atoms with van der Waals surface area (Å²) < 4.78 is 0. The molecule has 1 atom stereocenters. The maximum Gasteiger partial charge on any atom is 0.243 e. The zero-order valence-corrected chi connectivity index (χ0v) is 14.5. The quantitative estimate of drug-likeness (QED) is 0.754. The maximum atomic E-state index is 12.7. The van der Waals surface area contributed by atoms with E-state index in [0.717, 1.165) is 11.1 Å². The van der Waals surface area contributed by atoms with Crippen LogP contribution in [0.4, 0.5) is 0 Å². The van der Waals surface area contributed by atoms with E-state index in [1.165, 1.54) is 6.92 Å². The number of hydrogen-bond acceptors (Lipinski definition) is 2. The minimum Gasteiger partial charge on any atom is -0.351 e. The van der Waals surface area contributed by atoms with Gasteiger partial charge in [0.1, 0.15) is 6.04 Å². The minimum atomic E-state index is -0.569. The Morgan fingerprint density at radius 1 is 1.04 bits per heavy atom. The molecule has 0 heterocycles. The molecule has 0 aliphatic heterocycles. The van der Waals surface area contributed by atoms with Crippen LogP contribution in [0.15, 0.2) is 73.3 Å². The number of carbonyl (C=O) groups is 2. The SMILES string of the molecule is C=CCNC(=O)[C@H](Cc1ccccc1)N(Cc1ccccc1)C(C)=O. The van der Waals surface area contributed by atoms with E-state index >= 15 is 0 Å². The molecule has 4 heteroatoms. The summed E-state index contributed by atoms with van der Waals surface area (Å²) in [6.07, 6.45) is 2.10. The van der Waals surface area contributed by atoms with Crippen molar-refractivity contribution in [3.8, 4) is 0 Å². The molecule has 4 nitrogen and oxygen atoms in total. The predicted octanol–water partition coefficient (Wildman–Crippen LogP) is 2.95. The highest BCUT2D eigenvalue weighted by Gasteiger charge is 2.28. The molecule has 1 N–H and O–H groups in total. The summed E-state index contributed by atoms with van der Waals surface area (Å²) in [7, 11) is 0. The van der Waals surface area contributed by atoms with Crippen LogP contribution in [0, 0.1) is 0 Å². The normalized spacial score (nSPS) is 11.4. The van der Waals surface area contributed by atoms with E-state index in [2.05, 4.69) is 11.9 Å². The Balaban J connectivity index is 2.26. The molecule has 0 saturated heterocycles. The predicted molar refractivity (Wildman–Crippen MR) is 99.8 cm³/mol. The Labute approximate surface area is 149 Å². The minimum absolute atomic E-state index is 0.126. The summed E-state index contributed by atoms with van der Waals surface area (Å²) >= 11 is 0. The zero-order valence-electron chi connectivity index (χ0n) is 14.5. The number of hydrogen-bond donors (Lipinski definition) is 1. The third kappa shape index (κ3) is 5.60. The fraction of sp³-hybridized carbons (Fsp3) is 0.238. The third-order valence-electron chi connectivity index (χ3n) is 3.97. The van der Waals surface area contributed by atoms with Gasteiger partial charge in [0.2, 0.25) is 11.8 Å². The Hall–Kier alpha value is -2.88. The van der Waals surface area contributed by atoms with Gasteiger partial charge in [-0.15, -0.1) is 6.58 Å². The van der Waals surface area contributed by atoms with Crippen LogP contribution in [0.5, 0.6) is 0 Å². The molecule has 0 aliphatic rings. The second-order valence-corrected chi connectivity index (χ2v) is 5.87. The fourth-order valence-corrected chi connectivity index (χ4v) is 2.69. The van der Waals surface area contributed by atoms with Gasteiger partial charge in [0.15, 0.2) is 0 Å². The Kier molecular flexibility index (Phi) is 6.96. The van der Waals surface area contributed by atoms with Gasteiger partial charge >= 0.3 is 0 Å². The molecule has 0 spiro atoms. The zero-order chi connectivity index (χ0) is 18.1. The lowest BCUT2D eigenvalue weighted by Crippen LogP contribution is -2.49. The molecule has 25 heavy (non-hydrogen) atoms. The van der Waals surface area contributed by atoms with E-state index in [-0.39, 0.29) is 11.8 Å². The maximum absolute atomic E-state index is 12.7. The van der Waals surface area contributed by atoms with Crippen molar-refractivity contribution in [2.75, 3.05) is 6.54 Å². The molecule has 0 aromatic heterocycles. The molecular formula is C21H24N2O2. The lowest BCUT2D eigenvalue weighted by Gasteiger charge is -2.30. The summed E-state index contributed by atoms with van der Waals surface area (Å²) in [6.45, 7) is 5.90. The van der Waals surface area contributed by atoms with E-state index in [1.807, 2.05) is 60.7 Å². The van der Waals surface area contributed by atoms with Crippen molar-refractivity contribution in [1.82, 2.24) is 10.2 Å². The number of nitrogens with one attached hydrogen (secondary N) is 1. The van der Waals surface area contributed by atoms with Crippen LogP contribution in [0.25, 0.3) is 0 Å². The summed E-state index contributed by atoms with van der Waals surface area (Å²) in [5.74, 6) is -0.298. The molecule has 0 unspecified atom stereocenters. The first-order chi connectivity index (χ1) is 12.1. The van der Waals surface area contributed by atoms with Crippen LogP contribution in [-0.4, -0.2) is 29.3 Å². The van der Waals surface area contributed by atoms with Crippen LogP contribution >= 0.6 is 0 Å². The summed E-state index contributed by atoms with van der Waals surface area (Å²) in [4.78, 5) is 26.6. The lowest BCUT2D eigenvalue weighted by atomic mass is 10.0. The molecule has 2 rings (SSSR count). The summed E-state index contributed by atoms with van der Waals surface area (Å²) in [6, 6.07) is 18.9. The molecule has 0 aliphatic carbocycles. The first-order valence-corrected chi connectivity index (χ1v) is 8.35. The fourth-order valence-electron chi connectivity index (χ4n) is 2.69. The van der Waals surface area contributed by atoms with E-state index in [9.17, 15) is 9.59 Å². The van der Waals surface area contributed by atoms with Crippen molar-refractivity contribution in [2.24, 2.45) is 0 Å². The molecule has 130 valence electrons. The van der Waals surface area contributed by atoms with Crippen LogP contribution in [0.1, 0.15) is 18.1 Å². The Morgan fingerprint density at radius 3 is 2.12 bits per heavy atom. The van der Waals surface area contributed by atoms with Gasteiger partial charge in [0.05, 0.1) is 0 Å². The molecule has 2 aromatic carbocycles. The highest BCUT2D eigenvalue weighted by Crippen LogP contribution is 2.14. The molecule has 0 radical (unpaired) electrons. The molecule has 0 bridgehead atoms. The van der Waals surface area contributed by atoms with Gasteiger partial charge in [-0.25, -0.2) is 0 Å². The number of carbonyl (C=O) groups excluding carboxylic acids is 2. The molecule has 0 fully saturated rings. The van der Waals surface area contributed by atoms with Crippen molar-refractivity contribution < 1.29 is 9.59 Å². The van der Waals surface area contributed by atoms with Gasteiger partial charge in [-0.3, -0.25) is 9.59 Å². The van der Waals surface area contributed by atoms with Gasteiger partial charge in [-0.05, 0) is 11.1 Å². The standard InChI is InChI=1S/C21H24N2O2/c1-3-14-22-21(25)20(15-18-10-6-4-7-11-18)23(17(2)24)16-19-12-8-5-9-13-19/h3-13,20H,1,14-16H2,2H3,(H,22,25)/t20-/m0/s1. The first-order valence-electron chi connectivity index (χ1n) is 8.35. The lowest BCUT2D eigenvalue weighted by molar-refractivity contribution is -0.139. The van der Waals surface area contributed by atoms with Crippen molar-refractivity contribution in [3.05, 3.63) is 84.4 Å². The Bertz CT molecular complexity index is 698. The number of amides is 2. The van der Waals surface area contributed by atoms with Gasteiger partial charge in [-0.2, -0.15) is 0 Å². The molecule has 2 aromatic rings. The van der Waals surface area contributed by atoms with Gasteiger partial charge in [-0.1, -0.05) is 66.7 Å². The molecule has 2 amide bonds. The second-order valence-electron chi connectivity index (χ2n) is 5.87. The van der Waals surface area contributed by atoms with Crippen LogP contribution in [0.3, 0.4) is 0 Å². The monoisotopic (exact) mass is 336 g/mol. The van der Waals surface area contributed by atoms with Crippen molar-refractivity contribution in [3.63, 3.8) is 0 Å². The van der Waals surface area contributed by atoms with E-state index in [4.69, 9.17) is 0 Å². The van der Waals surface area contributed by atoms with E-state index in [1.54, 1.807) is 11.0 Å². The first kappa shape index (κ1) is 18.5. The summed E-state index contributed by atoms with van der Waals surface area (Å²) in [5, 5.41) is 2.82. The highest BCUT2D eigenvalue weighted by molar-refractivity contribution is 5.87. The smallest absolute Gasteiger partial charge is 0.243 e. The average molecular weight is 336 g/mol. The topological polar surface area (TPSA) is 49.4 Å². The highest BCUT2D eigenvalue weighted by atomic mass is 16.2. The average Bonchev–Trinajstić information content (AvgIpc) is 2.64. The van der Waals surface area contributed by atoms with Gasteiger partial charge < -0.3 is 10.2 Å². The number of rotatable bonds is 8. The Morgan fingerprint density at radius 2 is 1.60 bits per heavy atom. The van der Waals surface area contributed by atoms with Gasteiger partial charge in [0.25, 0.3) is 0 Å². The summed E-state index contributed by atoms with van der Waals surface area (Å²) in [5.41, 5.74) is 2.01. The van der Waals surface area contributed by atoms with Crippen molar-refractivity contribution in [1.29, 1.82) is 0 Å². The second kappa shape index (κ2) is 9.42. The van der Waals surface area contributed by atoms with E-state index < -0.39 is 6.04 Å². The largest absolute Gasteiger partial charge is 0.351 e. The number of nitrogens with zero attached hydrogens (tertiary/aromatic N) is 1. The molecule has 0 saturated carbocycles. The molecular weight excluding hydrogens is 312 g/mol. The van der Waals surface area contributed by atoms with Crippen LogP contribution in [-0.2, 0) is 22.6 Å². The van der Waals surface area contributed by atoms with Crippen molar-refractivity contribution in [2.45, 2.75) is 25.9 Å². The van der Waals surface area contributed by atoms with Crippen LogP contribution in [0.2, 0.25) is 0 Å².